The van der Waals surface area contributed by atoms with Crippen LogP contribution in [0.4, 0.5) is 0 Å². The third-order valence-electron chi connectivity index (χ3n) is 2.24. The number of benzene rings is 2. The third-order valence-corrected chi connectivity index (χ3v) is 4.69. The van der Waals surface area contributed by atoms with Gasteiger partial charge in [0.2, 0.25) is 0 Å². The molecule has 2 aromatic rings. The van der Waals surface area contributed by atoms with Crippen molar-refractivity contribution < 1.29 is 1.37 Å². The molecule has 0 aliphatic rings. The Morgan fingerprint density at radius 3 is 2.00 bits per heavy atom. The van der Waals surface area contributed by atoms with Crippen molar-refractivity contribution in [2.75, 3.05) is 0 Å². The molecular formula is C12H4Cl6. The van der Waals surface area contributed by atoms with Crippen LogP contribution in [-0.2, 0) is 0 Å². The van der Waals surface area contributed by atoms with E-state index in [1.807, 2.05) is 0 Å². The van der Waals surface area contributed by atoms with Crippen molar-refractivity contribution in [3.63, 3.8) is 0 Å². The first kappa shape index (κ1) is 13.2. The Morgan fingerprint density at radius 1 is 0.722 bits per heavy atom. The molecule has 0 aliphatic carbocycles. The SMILES string of the molecule is [2H]c1c(Cl)c(Cl)c(Cl)c(Cl)c1-c1ccc(Cl)c(Cl)c1. The molecule has 0 amide bonds. The summed E-state index contributed by atoms with van der Waals surface area (Å²) >= 11 is 35.8. The highest BCUT2D eigenvalue weighted by molar-refractivity contribution is 6.52. The monoisotopic (exact) mass is 359 g/mol. The molecule has 94 valence electrons. The summed E-state index contributed by atoms with van der Waals surface area (Å²) in [6, 6.07) is 4.85. The largest absolute Gasteiger partial charge is 0.0827 e. The molecule has 0 fully saturated rings. The summed E-state index contributed by atoms with van der Waals surface area (Å²) in [6.45, 7) is 0. The van der Waals surface area contributed by atoms with E-state index in [1.54, 1.807) is 18.2 Å². The van der Waals surface area contributed by atoms with Gasteiger partial charge < -0.3 is 0 Å². The van der Waals surface area contributed by atoms with E-state index in [2.05, 4.69) is 0 Å². The standard InChI is InChI=1S/C12H4Cl6/c13-7-2-1-5(3-8(7)14)6-4-9(15)11(17)12(18)10(6)16/h1-4H/i4D. The van der Waals surface area contributed by atoms with Gasteiger partial charge in [0, 0.05) is 5.56 Å². The van der Waals surface area contributed by atoms with Gasteiger partial charge in [-0.3, -0.25) is 0 Å². The maximum atomic E-state index is 8.00. The molecule has 2 rings (SSSR count). The van der Waals surface area contributed by atoms with Crippen LogP contribution in [0, 0.1) is 0 Å². The minimum Gasteiger partial charge on any atom is -0.0827 e. The lowest BCUT2D eigenvalue weighted by Gasteiger charge is -2.10. The fourth-order valence-electron chi connectivity index (χ4n) is 1.37. The zero-order chi connectivity index (χ0) is 14.3. The number of hydrogen-bond acceptors (Lipinski definition) is 0. The van der Waals surface area contributed by atoms with Gasteiger partial charge in [-0.05, 0) is 23.7 Å². The molecule has 0 atom stereocenters. The van der Waals surface area contributed by atoms with Crippen LogP contribution >= 0.6 is 69.6 Å². The number of rotatable bonds is 1. The summed E-state index contributed by atoms with van der Waals surface area (Å²) in [6.07, 6.45) is 0. The Balaban J connectivity index is 2.79. The number of halogens is 6. The minimum absolute atomic E-state index is 0.0144. The lowest BCUT2D eigenvalue weighted by atomic mass is 10.1. The second-order valence-electron chi connectivity index (χ2n) is 3.38. The summed E-state index contributed by atoms with van der Waals surface area (Å²) in [5.74, 6) is 0. The molecule has 0 radical (unpaired) electrons. The van der Waals surface area contributed by atoms with Crippen molar-refractivity contribution in [2.45, 2.75) is 0 Å². The quantitative estimate of drug-likeness (QED) is 0.370. The summed E-state index contributed by atoms with van der Waals surface area (Å²) in [7, 11) is 0. The van der Waals surface area contributed by atoms with Crippen molar-refractivity contribution in [1.82, 2.24) is 0 Å². The Hall–Kier alpha value is 0.180. The molecule has 0 aliphatic heterocycles. The van der Waals surface area contributed by atoms with E-state index in [1.165, 1.54) is 0 Å². The van der Waals surface area contributed by atoms with Crippen LogP contribution in [-0.4, -0.2) is 0 Å². The first-order valence-corrected chi connectivity index (χ1v) is 6.89. The van der Waals surface area contributed by atoms with Crippen LogP contribution < -0.4 is 0 Å². The van der Waals surface area contributed by atoms with Crippen molar-refractivity contribution in [1.29, 1.82) is 0 Å². The predicted octanol–water partition coefficient (Wildman–Crippen LogP) is 7.27. The van der Waals surface area contributed by atoms with E-state index in [9.17, 15) is 0 Å². The maximum Gasteiger partial charge on any atom is 0.0800 e. The zero-order valence-corrected chi connectivity index (χ0v) is 13.0. The van der Waals surface area contributed by atoms with E-state index >= 15 is 0 Å². The van der Waals surface area contributed by atoms with Crippen molar-refractivity contribution >= 4 is 69.6 Å². The Labute approximate surface area is 136 Å². The highest BCUT2D eigenvalue weighted by Crippen LogP contribution is 2.43. The molecule has 0 saturated heterocycles. The number of hydrogen-bond donors (Lipinski definition) is 0. The van der Waals surface area contributed by atoms with E-state index in [-0.39, 0.29) is 26.1 Å². The third kappa shape index (κ3) is 2.70. The van der Waals surface area contributed by atoms with Gasteiger partial charge in [-0.2, -0.15) is 0 Å². The minimum atomic E-state index is -0.0144. The zero-order valence-electron chi connectivity index (χ0n) is 9.50. The maximum absolute atomic E-state index is 8.00. The van der Waals surface area contributed by atoms with Gasteiger partial charge in [-0.15, -0.1) is 0 Å². The molecular weight excluding hydrogens is 357 g/mol. The fraction of sp³-hybridized carbons (Fsp3) is 0. The Bertz CT molecular complexity index is 639. The Morgan fingerprint density at radius 2 is 1.39 bits per heavy atom. The molecule has 0 heterocycles. The van der Waals surface area contributed by atoms with Crippen LogP contribution in [0.3, 0.4) is 0 Å². The second kappa shape index (κ2) is 5.66. The lowest BCUT2D eigenvalue weighted by molar-refractivity contribution is 1.61. The van der Waals surface area contributed by atoms with Crippen LogP contribution in [0.1, 0.15) is 1.37 Å². The molecule has 0 bridgehead atoms. The van der Waals surface area contributed by atoms with Crippen LogP contribution in [0.5, 0.6) is 0 Å². The van der Waals surface area contributed by atoms with Gasteiger partial charge in [0.25, 0.3) is 0 Å². The van der Waals surface area contributed by atoms with Crippen molar-refractivity contribution in [2.24, 2.45) is 0 Å². The molecule has 0 saturated carbocycles. The molecule has 0 N–H and O–H groups in total. The lowest BCUT2D eigenvalue weighted by Crippen LogP contribution is -1.84. The van der Waals surface area contributed by atoms with Gasteiger partial charge in [0.15, 0.2) is 0 Å². The first-order valence-electron chi connectivity index (χ1n) is 5.12. The summed E-state index contributed by atoms with van der Waals surface area (Å²) < 4.78 is 8.00. The second-order valence-corrected chi connectivity index (χ2v) is 5.71. The van der Waals surface area contributed by atoms with Gasteiger partial charge in [0.1, 0.15) is 0 Å². The summed E-state index contributed by atoms with van der Waals surface area (Å²) in [4.78, 5) is 0. The van der Waals surface area contributed by atoms with E-state index in [0.29, 0.717) is 21.2 Å². The molecule has 0 unspecified atom stereocenters. The van der Waals surface area contributed by atoms with Crippen LogP contribution in [0.15, 0.2) is 24.2 Å². The highest BCUT2D eigenvalue weighted by atomic mass is 35.5. The summed E-state index contributed by atoms with van der Waals surface area (Å²) in [5, 5.41) is 1.10. The fourth-order valence-corrected chi connectivity index (χ4v) is 2.54. The van der Waals surface area contributed by atoms with Crippen molar-refractivity contribution in [3.8, 4) is 11.1 Å². The van der Waals surface area contributed by atoms with Crippen LogP contribution in [0.25, 0.3) is 11.1 Å². The van der Waals surface area contributed by atoms with Gasteiger partial charge in [-0.25, -0.2) is 0 Å². The molecule has 18 heavy (non-hydrogen) atoms. The molecule has 2 aromatic carbocycles. The van der Waals surface area contributed by atoms with E-state index < -0.39 is 0 Å². The van der Waals surface area contributed by atoms with Crippen molar-refractivity contribution in [3.05, 3.63) is 54.4 Å². The molecule has 0 aromatic heterocycles. The van der Waals surface area contributed by atoms with Gasteiger partial charge >= 0.3 is 0 Å². The van der Waals surface area contributed by atoms with Gasteiger partial charge in [0.05, 0.1) is 31.5 Å². The predicted molar refractivity (Wildman–Crippen MR) is 81.9 cm³/mol. The average Bonchev–Trinajstić information content (AvgIpc) is 2.38. The first-order chi connectivity index (χ1) is 8.84. The van der Waals surface area contributed by atoms with E-state index in [4.69, 9.17) is 71.0 Å². The highest BCUT2D eigenvalue weighted by Gasteiger charge is 2.15. The molecule has 0 spiro atoms. The van der Waals surface area contributed by atoms with Gasteiger partial charge in [-0.1, -0.05) is 75.7 Å². The molecule has 6 heteroatoms. The Kier molecular flexibility index (Phi) is 4.15. The van der Waals surface area contributed by atoms with E-state index in [0.717, 1.165) is 0 Å². The topological polar surface area (TPSA) is 0 Å². The average molecular weight is 362 g/mol. The van der Waals surface area contributed by atoms with Crippen LogP contribution in [0.2, 0.25) is 30.1 Å². The molecule has 0 nitrogen and oxygen atoms in total. The smallest absolute Gasteiger partial charge is 0.0800 e. The normalized spacial score (nSPS) is 11.6. The summed E-state index contributed by atoms with van der Waals surface area (Å²) in [5.41, 5.74) is 0.949.